The molecule has 0 spiro atoms. The van der Waals surface area contributed by atoms with E-state index in [0.29, 0.717) is 13.0 Å². The van der Waals surface area contributed by atoms with Gasteiger partial charge >= 0.3 is 0 Å². The number of hydrogen-bond acceptors (Lipinski definition) is 4. The lowest BCUT2D eigenvalue weighted by atomic mass is 10.3. The predicted molar refractivity (Wildman–Crippen MR) is 63.5 cm³/mol. The zero-order valence-electron chi connectivity index (χ0n) is 9.86. The normalized spacial score (nSPS) is 11.5. The van der Waals surface area contributed by atoms with Crippen molar-refractivity contribution >= 4 is 9.84 Å². The van der Waals surface area contributed by atoms with E-state index in [1.165, 1.54) is 19.2 Å². The van der Waals surface area contributed by atoms with Crippen LogP contribution < -0.4 is 10.1 Å². The summed E-state index contributed by atoms with van der Waals surface area (Å²) >= 11 is 0. The van der Waals surface area contributed by atoms with Crippen LogP contribution in [0, 0.1) is 5.82 Å². The number of halogens is 1. The van der Waals surface area contributed by atoms with Gasteiger partial charge in [-0.25, -0.2) is 12.8 Å². The van der Waals surface area contributed by atoms with Gasteiger partial charge in [0.05, 0.1) is 17.8 Å². The van der Waals surface area contributed by atoms with E-state index in [-0.39, 0.29) is 16.4 Å². The van der Waals surface area contributed by atoms with Crippen molar-refractivity contribution in [3.05, 3.63) is 24.0 Å². The highest BCUT2D eigenvalue weighted by atomic mass is 32.2. The van der Waals surface area contributed by atoms with Gasteiger partial charge in [-0.2, -0.15) is 0 Å². The van der Waals surface area contributed by atoms with Crippen LogP contribution in [-0.4, -0.2) is 34.9 Å². The molecule has 0 fully saturated rings. The van der Waals surface area contributed by atoms with Gasteiger partial charge in [0.15, 0.2) is 21.4 Å². The number of hydrogen-bond donors (Lipinski definition) is 1. The molecular formula is C11H16FNO3S. The minimum absolute atomic E-state index is 0.000388. The third-order valence-electron chi connectivity index (χ3n) is 2.32. The Morgan fingerprint density at radius 1 is 1.41 bits per heavy atom. The lowest BCUT2D eigenvalue weighted by Gasteiger charge is -2.06. The first-order valence-corrected chi connectivity index (χ1v) is 6.87. The van der Waals surface area contributed by atoms with E-state index in [2.05, 4.69) is 5.32 Å². The van der Waals surface area contributed by atoms with Crippen LogP contribution in [-0.2, 0) is 9.84 Å². The van der Waals surface area contributed by atoms with Crippen LogP contribution in [0.15, 0.2) is 23.1 Å². The maximum Gasteiger partial charge on any atom is 0.178 e. The van der Waals surface area contributed by atoms with Crippen molar-refractivity contribution in [3.8, 4) is 5.75 Å². The predicted octanol–water partition coefficient (Wildman–Crippen LogP) is 1.22. The van der Waals surface area contributed by atoms with Gasteiger partial charge < -0.3 is 10.1 Å². The van der Waals surface area contributed by atoms with Gasteiger partial charge in [-0.3, -0.25) is 0 Å². The van der Waals surface area contributed by atoms with Crippen molar-refractivity contribution in [2.24, 2.45) is 0 Å². The molecule has 0 saturated heterocycles. The highest BCUT2D eigenvalue weighted by Gasteiger charge is 2.16. The third kappa shape index (κ3) is 3.67. The number of ether oxygens (including phenoxy) is 1. The van der Waals surface area contributed by atoms with E-state index < -0.39 is 15.7 Å². The first-order valence-electron chi connectivity index (χ1n) is 5.22. The Balaban J connectivity index is 2.88. The van der Waals surface area contributed by atoms with Crippen LogP contribution >= 0.6 is 0 Å². The number of sulfone groups is 1. The molecule has 1 aromatic carbocycles. The molecule has 1 aromatic rings. The summed E-state index contributed by atoms with van der Waals surface area (Å²) in [4.78, 5) is -0.00750. The SMILES string of the molecule is CNCCCS(=O)(=O)c1ccc(OC)c(F)c1. The Morgan fingerprint density at radius 2 is 2.12 bits per heavy atom. The van der Waals surface area contributed by atoms with Crippen molar-refractivity contribution in [1.82, 2.24) is 5.32 Å². The van der Waals surface area contributed by atoms with Crippen molar-refractivity contribution in [3.63, 3.8) is 0 Å². The monoisotopic (exact) mass is 261 g/mol. The Labute approximate surface area is 101 Å². The van der Waals surface area contributed by atoms with E-state index in [1.807, 2.05) is 0 Å². The van der Waals surface area contributed by atoms with E-state index in [9.17, 15) is 12.8 Å². The summed E-state index contributed by atoms with van der Waals surface area (Å²) in [6, 6.07) is 3.67. The highest BCUT2D eigenvalue weighted by molar-refractivity contribution is 7.91. The molecule has 0 aliphatic heterocycles. The fourth-order valence-electron chi connectivity index (χ4n) is 1.40. The van der Waals surface area contributed by atoms with Gasteiger partial charge in [0, 0.05) is 0 Å². The average molecular weight is 261 g/mol. The molecule has 6 heteroatoms. The minimum Gasteiger partial charge on any atom is -0.494 e. The molecule has 1 rings (SSSR count). The summed E-state index contributed by atoms with van der Waals surface area (Å²) in [5.74, 6) is -0.624. The Hall–Kier alpha value is -1.14. The maximum absolute atomic E-state index is 13.4. The van der Waals surface area contributed by atoms with E-state index in [4.69, 9.17) is 4.74 Å². The van der Waals surface area contributed by atoms with Crippen molar-refractivity contribution in [1.29, 1.82) is 0 Å². The van der Waals surface area contributed by atoms with Gasteiger partial charge in [-0.05, 0) is 38.2 Å². The van der Waals surface area contributed by atoms with Crippen LogP contribution in [0.3, 0.4) is 0 Å². The first kappa shape index (κ1) is 13.9. The maximum atomic E-state index is 13.4. The topological polar surface area (TPSA) is 55.4 Å². The lowest BCUT2D eigenvalue weighted by molar-refractivity contribution is 0.385. The first-order chi connectivity index (χ1) is 8.01. The molecule has 0 aromatic heterocycles. The molecule has 0 unspecified atom stereocenters. The van der Waals surface area contributed by atoms with Gasteiger partial charge in [-0.1, -0.05) is 0 Å². The Bertz CT molecular complexity index is 474. The largest absolute Gasteiger partial charge is 0.494 e. The van der Waals surface area contributed by atoms with E-state index >= 15 is 0 Å². The molecule has 17 heavy (non-hydrogen) atoms. The zero-order valence-corrected chi connectivity index (χ0v) is 10.7. The number of methoxy groups -OCH3 is 1. The standard InChI is InChI=1S/C11H16FNO3S/c1-13-6-3-7-17(14,15)9-4-5-11(16-2)10(12)8-9/h4-5,8,13H,3,6-7H2,1-2H3. The van der Waals surface area contributed by atoms with Crippen LogP contribution in [0.2, 0.25) is 0 Å². The summed E-state index contributed by atoms with van der Waals surface area (Å²) in [5.41, 5.74) is 0. The molecule has 0 radical (unpaired) electrons. The van der Waals surface area contributed by atoms with Crippen LogP contribution in [0.4, 0.5) is 4.39 Å². The third-order valence-corrected chi connectivity index (χ3v) is 4.12. The molecule has 4 nitrogen and oxygen atoms in total. The molecular weight excluding hydrogens is 245 g/mol. The minimum atomic E-state index is -3.42. The Morgan fingerprint density at radius 3 is 2.65 bits per heavy atom. The molecule has 0 aliphatic carbocycles. The molecule has 96 valence electrons. The molecule has 0 aliphatic rings. The summed E-state index contributed by atoms with van der Waals surface area (Å²) in [6.45, 7) is 0.609. The number of benzene rings is 1. The molecule has 0 atom stereocenters. The van der Waals surface area contributed by atoms with Gasteiger partial charge in [0.1, 0.15) is 0 Å². The highest BCUT2D eigenvalue weighted by Crippen LogP contribution is 2.21. The second-order valence-corrected chi connectivity index (χ2v) is 5.68. The average Bonchev–Trinajstić information content (AvgIpc) is 2.29. The zero-order chi connectivity index (χ0) is 12.9. The fraction of sp³-hybridized carbons (Fsp3) is 0.455. The van der Waals surface area contributed by atoms with E-state index in [0.717, 1.165) is 6.07 Å². The number of rotatable bonds is 6. The molecule has 0 bridgehead atoms. The quantitative estimate of drug-likeness (QED) is 0.782. The van der Waals surface area contributed by atoms with Crippen LogP contribution in [0.25, 0.3) is 0 Å². The number of nitrogens with one attached hydrogen (secondary N) is 1. The fourth-order valence-corrected chi connectivity index (χ4v) is 2.72. The molecule has 0 saturated carbocycles. The van der Waals surface area contributed by atoms with Crippen molar-refractivity contribution < 1.29 is 17.5 Å². The van der Waals surface area contributed by atoms with Gasteiger partial charge in [0.2, 0.25) is 0 Å². The van der Waals surface area contributed by atoms with Gasteiger partial charge in [0.25, 0.3) is 0 Å². The molecule has 0 heterocycles. The summed E-state index contributed by atoms with van der Waals surface area (Å²) in [7, 11) is -0.333. The van der Waals surface area contributed by atoms with Crippen LogP contribution in [0.1, 0.15) is 6.42 Å². The van der Waals surface area contributed by atoms with Gasteiger partial charge in [-0.15, -0.1) is 0 Å². The summed E-state index contributed by atoms with van der Waals surface area (Å²) in [6.07, 6.45) is 0.493. The second kappa shape index (κ2) is 5.97. The van der Waals surface area contributed by atoms with Crippen molar-refractivity contribution in [2.45, 2.75) is 11.3 Å². The van der Waals surface area contributed by atoms with Crippen molar-refractivity contribution in [2.75, 3.05) is 26.5 Å². The van der Waals surface area contributed by atoms with Crippen LogP contribution in [0.5, 0.6) is 5.75 Å². The lowest BCUT2D eigenvalue weighted by Crippen LogP contribution is -2.14. The molecule has 1 N–H and O–H groups in total. The summed E-state index contributed by atoms with van der Waals surface area (Å²) < 4.78 is 41.7. The summed E-state index contributed by atoms with van der Waals surface area (Å²) in [5, 5.41) is 2.86. The van der Waals surface area contributed by atoms with E-state index in [1.54, 1.807) is 7.05 Å². The second-order valence-electron chi connectivity index (χ2n) is 3.57. The smallest absolute Gasteiger partial charge is 0.178 e. The molecule has 0 amide bonds. The Kier molecular flexibility index (Phi) is 4.89.